The second-order valence-corrected chi connectivity index (χ2v) is 4.16. The lowest BCUT2D eigenvalue weighted by Gasteiger charge is -2.12. The zero-order valence-corrected chi connectivity index (χ0v) is 11.2. The van der Waals surface area contributed by atoms with Crippen molar-refractivity contribution in [2.75, 3.05) is 33.4 Å². The molecule has 0 rings (SSSR count). The van der Waals surface area contributed by atoms with Gasteiger partial charge in [0.05, 0.1) is 6.61 Å². The quantitative estimate of drug-likeness (QED) is 0.378. The highest BCUT2D eigenvalue weighted by molar-refractivity contribution is 5.79. The molecule has 0 unspecified atom stereocenters. The summed E-state index contributed by atoms with van der Waals surface area (Å²) in [5.74, 6) is 1.64. The number of aliphatic imine (C=N–C) groups is 1. The second-order valence-electron chi connectivity index (χ2n) is 4.16. The van der Waals surface area contributed by atoms with Crippen LogP contribution in [0, 0.1) is 5.92 Å². The summed E-state index contributed by atoms with van der Waals surface area (Å²) in [6, 6.07) is 0. The van der Waals surface area contributed by atoms with Crippen LogP contribution < -0.4 is 10.6 Å². The number of hydrogen-bond acceptors (Lipinski definition) is 2. The first-order valence-corrected chi connectivity index (χ1v) is 6.23. The third-order valence-electron chi connectivity index (χ3n) is 2.22. The van der Waals surface area contributed by atoms with Gasteiger partial charge in [0.1, 0.15) is 0 Å². The third-order valence-corrected chi connectivity index (χ3v) is 2.22. The molecular weight excluding hydrogens is 202 g/mol. The van der Waals surface area contributed by atoms with Crippen LogP contribution in [-0.2, 0) is 4.74 Å². The van der Waals surface area contributed by atoms with Crippen molar-refractivity contribution in [3.63, 3.8) is 0 Å². The number of hydrogen-bond donors (Lipinski definition) is 2. The first kappa shape index (κ1) is 15.2. The lowest BCUT2D eigenvalue weighted by atomic mass is 10.1. The van der Waals surface area contributed by atoms with Gasteiger partial charge in [-0.3, -0.25) is 4.99 Å². The van der Waals surface area contributed by atoms with Gasteiger partial charge < -0.3 is 15.4 Å². The molecule has 0 atom stereocenters. The minimum absolute atomic E-state index is 0.725. The minimum Gasteiger partial charge on any atom is -0.380 e. The maximum atomic E-state index is 5.24. The van der Waals surface area contributed by atoms with E-state index in [1.165, 1.54) is 12.8 Å². The van der Waals surface area contributed by atoms with Crippen LogP contribution in [0.3, 0.4) is 0 Å². The summed E-state index contributed by atoms with van der Waals surface area (Å²) in [7, 11) is 1.79. The molecule has 0 aliphatic carbocycles. The molecule has 0 spiro atoms. The van der Waals surface area contributed by atoms with E-state index in [0.29, 0.717) is 0 Å². The molecule has 0 aliphatic heterocycles. The van der Waals surface area contributed by atoms with Gasteiger partial charge in [0, 0.05) is 26.7 Å². The fourth-order valence-electron chi connectivity index (χ4n) is 1.32. The van der Waals surface area contributed by atoms with Gasteiger partial charge in [-0.15, -0.1) is 0 Å². The largest absolute Gasteiger partial charge is 0.380 e. The van der Waals surface area contributed by atoms with E-state index < -0.39 is 0 Å². The van der Waals surface area contributed by atoms with Crippen LogP contribution in [0.25, 0.3) is 0 Å². The van der Waals surface area contributed by atoms with E-state index in [-0.39, 0.29) is 0 Å². The molecule has 0 fully saturated rings. The molecule has 0 saturated carbocycles. The van der Waals surface area contributed by atoms with E-state index in [2.05, 4.69) is 29.5 Å². The van der Waals surface area contributed by atoms with Gasteiger partial charge in [-0.1, -0.05) is 13.8 Å². The summed E-state index contributed by atoms with van der Waals surface area (Å²) in [6.45, 7) is 9.76. The SMILES string of the molecule is CCOCCNC(=NC)NCCCC(C)C. The van der Waals surface area contributed by atoms with Gasteiger partial charge in [-0.25, -0.2) is 0 Å². The Balaban J connectivity index is 3.45. The molecule has 0 aliphatic rings. The number of nitrogens with zero attached hydrogens (tertiary/aromatic N) is 1. The van der Waals surface area contributed by atoms with E-state index in [0.717, 1.165) is 38.2 Å². The smallest absolute Gasteiger partial charge is 0.191 e. The lowest BCUT2D eigenvalue weighted by Crippen LogP contribution is -2.39. The highest BCUT2D eigenvalue weighted by atomic mass is 16.5. The molecule has 2 N–H and O–H groups in total. The van der Waals surface area contributed by atoms with Crippen LogP contribution in [0.2, 0.25) is 0 Å². The summed E-state index contributed by atoms with van der Waals surface area (Å²) < 4.78 is 5.24. The molecular formula is C12H27N3O. The van der Waals surface area contributed by atoms with Crippen molar-refractivity contribution in [3.05, 3.63) is 0 Å². The maximum absolute atomic E-state index is 5.24. The average molecular weight is 229 g/mol. The van der Waals surface area contributed by atoms with Crippen molar-refractivity contribution in [1.82, 2.24) is 10.6 Å². The van der Waals surface area contributed by atoms with E-state index >= 15 is 0 Å². The minimum atomic E-state index is 0.725. The maximum Gasteiger partial charge on any atom is 0.191 e. The molecule has 0 radical (unpaired) electrons. The molecule has 4 heteroatoms. The Morgan fingerprint density at radius 3 is 2.50 bits per heavy atom. The molecule has 0 amide bonds. The molecule has 16 heavy (non-hydrogen) atoms. The van der Waals surface area contributed by atoms with Crippen molar-refractivity contribution in [2.45, 2.75) is 33.6 Å². The molecule has 4 nitrogen and oxygen atoms in total. The summed E-state index contributed by atoms with van der Waals surface area (Å²) >= 11 is 0. The summed E-state index contributed by atoms with van der Waals surface area (Å²) in [5, 5.41) is 6.49. The molecule has 0 aromatic rings. The van der Waals surface area contributed by atoms with Gasteiger partial charge in [-0.2, -0.15) is 0 Å². The summed E-state index contributed by atoms with van der Waals surface area (Å²) in [6.07, 6.45) is 2.44. The standard InChI is InChI=1S/C12H27N3O/c1-5-16-10-9-15-12(13-4)14-8-6-7-11(2)3/h11H,5-10H2,1-4H3,(H2,13,14,15). The van der Waals surface area contributed by atoms with Gasteiger partial charge >= 0.3 is 0 Å². The molecule has 0 heterocycles. The zero-order valence-electron chi connectivity index (χ0n) is 11.2. The van der Waals surface area contributed by atoms with Gasteiger partial charge in [0.2, 0.25) is 0 Å². The predicted molar refractivity (Wildman–Crippen MR) is 69.9 cm³/mol. The highest BCUT2D eigenvalue weighted by Crippen LogP contribution is 2.01. The number of ether oxygens (including phenoxy) is 1. The van der Waals surface area contributed by atoms with Crippen LogP contribution in [-0.4, -0.2) is 39.3 Å². The van der Waals surface area contributed by atoms with Gasteiger partial charge in [-0.05, 0) is 25.7 Å². The van der Waals surface area contributed by atoms with Crippen molar-refractivity contribution < 1.29 is 4.74 Å². The molecule has 96 valence electrons. The summed E-state index contributed by atoms with van der Waals surface area (Å²) in [5.41, 5.74) is 0. The Hall–Kier alpha value is -0.770. The van der Waals surface area contributed by atoms with E-state index in [4.69, 9.17) is 4.74 Å². The van der Waals surface area contributed by atoms with Crippen LogP contribution in [0.15, 0.2) is 4.99 Å². The Morgan fingerprint density at radius 2 is 1.94 bits per heavy atom. The van der Waals surface area contributed by atoms with Crippen LogP contribution >= 0.6 is 0 Å². The summed E-state index contributed by atoms with van der Waals surface area (Å²) in [4.78, 5) is 4.14. The van der Waals surface area contributed by atoms with E-state index in [1.54, 1.807) is 7.05 Å². The van der Waals surface area contributed by atoms with Gasteiger partial charge in [0.15, 0.2) is 5.96 Å². The predicted octanol–water partition coefficient (Wildman–Crippen LogP) is 1.62. The number of rotatable bonds is 8. The fraction of sp³-hybridized carbons (Fsp3) is 0.917. The zero-order chi connectivity index (χ0) is 12.2. The molecule has 0 aromatic heterocycles. The van der Waals surface area contributed by atoms with Crippen LogP contribution in [0.5, 0.6) is 0 Å². The Labute approximate surface area is 99.9 Å². The van der Waals surface area contributed by atoms with Crippen LogP contribution in [0.4, 0.5) is 0 Å². The van der Waals surface area contributed by atoms with Crippen molar-refractivity contribution >= 4 is 5.96 Å². The first-order chi connectivity index (χ1) is 7.70. The average Bonchev–Trinajstić information content (AvgIpc) is 2.26. The fourth-order valence-corrected chi connectivity index (χ4v) is 1.32. The van der Waals surface area contributed by atoms with Gasteiger partial charge in [0.25, 0.3) is 0 Å². The molecule has 0 saturated heterocycles. The van der Waals surface area contributed by atoms with Crippen molar-refractivity contribution in [2.24, 2.45) is 10.9 Å². The number of guanidine groups is 1. The Bertz CT molecular complexity index is 181. The topological polar surface area (TPSA) is 45.6 Å². The van der Waals surface area contributed by atoms with E-state index in [9.17, 15) is 0 Å². The second kappa shape index (κ2) is 10.7. The number of nitrogens with one attached hydrogen (secondary N) is 2. The normalized spacial score (nSPS) is 11.9. The lowest BCUT2D eigenvalue weighted by molar-refractivity contribution is 0.152. The van der Waals surface area contributed by atoms with Crippen molar-refractivity contribution in [3.8, 4) is 0 Å². The third kappa shape index (κ3) is 9.77. The van der Waals surface area contributed by atoms with E-state index in [1.807, 2.05) is 6.92 Å². The monoisotopic (exact) mass is 229 g/mol. The van der Waals surface area contributed by atoms with Crippen LogP contribution in [0.1, 0.15) is 33.6 Å². The van der Waals surface area contributed by atoms with Crippen molar-refractivity contribution in [1.29, 1.82) is 0 Å². The molecule has 0 bridgehead atoms. The Morgan fingerprint density at radius 1 is 1.25 bits per heavy atom. The Kier molecular flexibility index (Phi) is 10.2. The highest BCUT2D eigenvalue weighted by Gasteiger charge is 1.97. The first-order valence-electron chi connectivity index (χ1n) is 6.23. The molecule has 0 aromatic carbocycles.